The van der Waals surface area contributed by atoms with E-state index in [-0.39, 0.29) is 36.6 Å². The predicted octanol–water partition coefficient (Wildman–Crippen LogP) is 3.65. The second kappa shape index (κ2) is 7.35. The smallest absolute Gasteiger partial charge is 0.441 e. The van der Waals surface area contributed by atoms with Crippen LogP contribution >= 0.6 is 23.1 Å². The van der Waals surface area contributed by atoms with E-state index in [0.29, 0.717) is 10.8 Å². The van der Waals surface area contributed by atoms with Gasteiger partial charge in [-0.25, -0.2) is 4.98 Å². The van der Waals surface area contributed by atoms with Crippen LogP contribution in [0.1, 0.15) is 26.5 Å². The van der Waals surface area contributed by atoms with Gasteiger partial charge in [0.1, 0.15) is 5.41 Å². The number of rotatable bonds is 7. The van der Waals surface area contributed by atoms with Crippen LogP contribution in [0, 0.1) is 0 Å². The summed E-state index contributed by atoms with van der Waals surface area (Å²) in [5.74, 6) is -0.478. The van der Waals surface area contributed by atoms with Crippen molar-refractivity contribution < 1.29 is 22.7 Å². The summed E-state index contributed by atoms with van der Waals surface area (Å²) in [6.07, 6.45) is 0. The third-order valence-electron chi connectivity index (χ3n) is 2.57. The molecule has 0 bridgehead atoms. The average molecular weight is 342 g/mol. The number of hydrogen-bond donors (Lipinski definition) is 1. The van der Waals surface area contributed by atoms with Crippen molar-refractivity contribution in [3.63, 3.8) is 0 Å². The molecule has 0 spiro atoms. The van der Waals surface area contributed by atoms with Gasteiger partial charge in [-0.2, -0.15) is 13.2 Å². The normalized spacial score (nSPS) is 12.3. The van der Waals surface area contributed by atoms with Crippen LogP contribution in [0.15, 0.2) is 5.38 Å². The number of halogens is 3. The maximum atomic E-state index is 12.0. The van der Waals surface area contributed by atoms with Gasteiger partial charge >= 0.3 is 11.5 Å². The van der Waals surface area contributed by atoms with Gasteiger partial charge in [0.15, 0.2) is 5.13 Å². The van der Waals surface area contributed by atoms with Gasteiger partial charge in [-0.3, -0.25) is 4.79 Å². The number of thiazole rings is 1. The number of anilines is 1. The fourth-order valence-electron chi connectivity index (χ4n) is 1.38. The van der Waals surface area contributed by atoms with Crippen LogP contribution < -0.4 is 5.32 Å². The lowest BCUT2D eigenvalue weighted by atomic mass is 9.90. The Morgan fingerprint density at radius 1 is 1.48 bits per heavy atom. The van der Waals surface area contributed by atoms with Gasteiger partial charge in [0.05, 0.1) is 12.3 Å². The zero-order valence-corrected chi connectivity index (χ0v) is 13.5. The Hall–Kier alpha value is -0.960. The predicted molar refractivity (Wildman–Crippen MR) is 78.8 cm³/mol. The molecule has 0 atom stereocenters. The second-order valence-electron chi connectivity index (χ2n) is 4.60. The van der Waals surface area contributed by atoms with Gasteiger partial charge in [0, 0.05) is 17.7 Å². The highest BCUT2D eigenvalue weighted by Gasteiger charge is 2.34. The van der Waals surface area contributed by atoms with E-state index in [1.165, 1.54) is 11.3 Å². The summed E-state index contributed by atoms with van der Waals surface area (Å²) in [5.41, 5.74) is -4.56. The molecule has 0 saturated heterocycles. The Morgan fingerprint density at radius 2 is 2.14 bits per heavy atom. The van der Waals surface area contributed by atoms with Gasteiger partial charge in [-0.05, 0) is 32.5 Å². The molecule has 0 amide bonds. The summed E-state index contributed by atoms with van der Waals surface area (Å²) >= 11 is 1.17. The van der Waals surface area contributed by atoms with Crippen molar-refractivity contribution in [3.8, 4) is 0 Å². The van der Waals surface area contributed by atoms with Crippen LogP contribution in [0.2, 0.25) is 0 Å². The fraction of sp³-hybridized carbons (Fsp3) is 0.667. The number of carbonyl (C=O) groups excluding carboxylic acids is 1. The summed E-state index contributed by atoms with van der Waals surface area (Å²) in [5, 5.41) is 5.01. The summed E-state index contributed by atoms with van der Waals surface area (Å²) in [6, 6.07) is 0. The van der Waals surface area contributed by atoms with Gasteiger partial charge in [0.2, 0.25) is 0 Å². The van der Waals surface area contributed by atoms with Crippen molar-refractivity contribution in [2.45, 2.75) is 31.7 Å². The molecule has 0 aliphatic heterocycles. The monoisotopic (exact) mass is 342 g/mol. The maximum Gasteiger partial charge on any atom is 0.441 e. The molecule has 0 radical (unpaired) electrons. The molecular formula is C12H17F3N2O2S2. The molecule has 1 aromatic rings. The quantitative estimate of drug-likeness (QED) is 0.605. The molecule has 0 saturated carbocycles. The zero-order valence-electron chi connectivity index (χ0n) is 11.9. The lowest BCUT2D eigenvalue weighted by Gasteiger charge is -2.19. The Morgan fingerprint density at radius 3 is 2.71 bits per heavy atom. The summed E-state index contributed by atoms with van der Waals surface area (Å²) < 4.78 is 40.9. The van der Waals surface area contributed by atoms with Crippen molar-refractivity contribution in [2.24, 2.45) is 0 Å². The number of hydrogen-bond acceptors (Lipinski definition) is 6. The third-order valence-corrected chi connectivity index (χ3v) is 4.11. The Kier molecular flexibility index (Phi) is 6.33. The number of alkyl halides is 3. The SMILES string of the molecule is CCOC(=O)C(C)(C)c1csc(NCCSC(F)(F)F)n1. The Bertz CT molecular complexity index is 475. The minimum Gasteiger partial charge on any atom is -0.465 e. The van der Waals surface area contributed by atoms with E-state index in [4.69, 9.17) is 4.74 Å². The topological polar surface area (TPSA) is 51.2 Å². The van der Waals surface area contributed by atoms with E-state index in [1.54, 1.807) is 26.2 Å². The van der Waals surface area contributed by atoms with Crippen molar-refractivity contribution in [2.75, 3.05) is 24.2 Å². The highest BCUT2D eigenvalue weighted by molar-refractivity contribution is 8.00. The number of carbonyl (C=O) groups is 1. The van der Waals surface area contributed by atoms with Gasteiger partial charge < -0.3 is 10.1 Å². The van der Waals surface area contributed by atoms with Gasteiger partial charge in [-0.1, -0.05) is 0 Å². The molecule has 0 unspecified atom stereocenters. The molecule has 1 rings (SSSR count). The molecule has 120 valence electrons. The van der Waals surface area contributed by atoms with Crippen LogP contribution in [0.5, 0.6) is 0 Å². The Balaban J connectivity index is 2.55. The number of aromatic nitrogens is 1. The first-order valence-electron chi connectivity index (χ1n) is 6.24. The lowest BCUT2D eigenvalue weighted by Crippen LogP contribution is -2.31. The molecule has 21 heavy (non-hydrogen) atoms. The molecule has 4 nitrogen and oxygen atoms in total. The van der Waals surface area contributed by atoms with Crippen LogP contribution in [0.3, 0.4) is 0 Å². The molecule has 0 aliphatic carbocycles. The first-order valence-corrected chi connectivity index (χ1v) is 8.11. The number of esters is 1. The average Bonchev–Trinajstić information content (AvgIpc) is 2.83. The second-order valence-corrected chi connectivity index (χ2v) is 6.62. The summed E-state index contributed by atoms with van der Waals surface area (Å²) in [6.45, 7) is 5.55. The van der Waals surface area contributed by atoms with E-state index < -0.39 is 10.9 Å². The van der Waals surface area contributed by atoms with E-state index in [9.17, 15) is 18.0 Å². The molecule has 0 aliphatic rings. The van der Waals surface area contributed by atoms with Gasteiger partial charge in [0.25, 0.3) is 0 Å². The van der Waals surface area contributed by atoms with E-state index in [2.05, 4.69) is 10.3 Å². The van der Waals surface area contributed by atoms with Gasteiger partial charge in [-0.15, -0.1) is 11.3 Å². The third kappa shape index (κ3) is 5.74. The maximum absolute atomic E-state index is 12.0. The lowest BCUT2D eigenvalue weighted by molar-refractivity contribution is -0.148. The summed E-state index contributed by atoms with van der Waals surface area (Å²) in [4.78, 5) is 16.1. The van der Waals surface area contributed by atoms with Crippen molar-refractivity contribution in [3.05, 3.63) is 11.1 Å². The van der Waals surface area contributed by atoms with Crippen LogP contribution in [0.4, 0.5) is 18.3 Å². The molecule has 1 heterocycles. The number of ether oxygens (including phenoxy) is 1. The molecule has 0 aromatic carbocycles. The van der Waals surface area contributed by atoms with E-state index in [1.807, 2.05) is 0 Å². The van der Waals surface area contributed by atoms with Crippen LogP contribution in [-0.2, 0) is 14.9 Å². The number of nitrogens with zero attached hydrogens (tertiary/aromatic N) is 1. The van der Waals surface area contributed by atoms with E-state index >= 15 is 0 Å². The minimum atomic E-state index is -4.22. The number of nitrogens with one attached hydrogen (secondary N) is 1. The molecule has 0 fully saturated rings. The molecule has 1 aromatic heterocycles. The first kappa shape index (κ1) is 18.1. The molecule has 1 N–H and O–H groups in total. The highest BCUT2D eigenvalue weighted by atomic mass is 32.2. The van der Waals surface area contributed by atoms with Crippen molar-refractivity contribution in [1.29, 1.82) is 0 Å². The Labute approximate surface area is 129 Å². The van der Waals surface area contributed by atoms with Crippen LogP contribution in [-0.4, -0.2) is 35.4 Å². The van der Waals surface area contributed by atoms with E-state index in [0.717, 1.165) is 0 Å². The number of thioether (sulfide) groups is 1. The summed E-state index contributed by atoms with van der Waals surface area (Å²) in [7, 11) is 0. The minimum absolute atomic E-state index is 0.0831. The zero-order chi connectivity index (χ0) is 16.1. The van der Waals surface area contributed by atoms with Crippen LogP contribution in [0.25, 0.3) is 0 Å². The molecule has 9 heteroatoms. The standard InChI is InChI=1S/C12H17F3N2O2S2/c1-4-19-9(18)11(2,3)8-7-20-10(17-8)16-5-6-21-12(13,14)15/h7H,4-6H2,1-3H3,(H,16,17). The highest BCUT2D eigenvalue weighted by Crippen LogP contribution is 2.30. The largest absolute Gasteiger partial charge is 0.465 e. The molecular weight excluding hydrogens is 325 g/mol. The van der Waals surface area contributed by atoms with Crippen molar-refractivity contribution in [1.82, 2.24) is 4.98 Å². The van der Waals surface area contributed by atoms with Crippen molar-refractivity contribution >= 4 is 34.2 Å². The first-order chi connectivity index (χ1) is 9.66. The fourth-order valence-corrected chi connectivity index (χ4v) is 2.73.